The van der Waals surface area contributed by atoms with Gasteiger partial charge in [-0.1, -0.05) is 0 Å². The van der Waals surface area contributed by atoms with Crippen molar-refractivity contribution in [3.63, 3.8) is 0 Å². The van der Waals surface area contributed by atoms with Crippen LogP contribution < -0.4 is 10.6 Å². The molecule has 2 atom stereocenters. The van der Waals surface area contributed by atoms with E-state index >= 15 is 0 Å². The van der Waals surface area contributed by atoms with Crippen molar-refractivity contribution < 1.29 is 0 Å². The highest BCUT2D eigenvalue weighted by Gasteiger charge is 2.28. The standard InChI is InChI=1S/C8H18N2/c1-6-7(2)10-8(3,4)5-9-6/h6-7,9-10H,5H2,1-4H3. The summed E-state index contributed by atoms with van der Waals surface area (Å²) in [7, 11) is 0. The minimum Gasteiger partial charge on any atom is -0.311 e. The average molecular weight is 142 g/mol. The van der Waals surface area contributed by atoms with Crippen LogP contribution in [0.5, 0.6) is 0 Å². The first-order chi connectivity index (χ1) is 4.51. The molecule has 2 heteroatoms. The van der Waals surface area contributed by atoms with E-state index in [4.69, 9.17) is 0 Å². The lowest BCUT2D eigenvalue weighted by Gasteiger charge is -2.40. The minimum absolute atomic E-state index is 0.270. The van der Waals surface area contributed by atoms with Crippen LogP contribution in [0.15, 0.2) is 0 Å². The van der Waals surface area contributed by atoms with E-state index in [2.05, 4.69) is 38.3 Å². The van der Waals surface area contributed by atoms with Gasteiger partial charge in [0.2, 0.25) is 0 Å². The molecule has 1 aliphatic rings. The van der Waals surface area contributed by atoms with Gasteiger partial charge in [-0.05, 0) is 27.7 Å². The van der Waals surface area contributed by atoms with Crippen molar-refractivity contribution in [2.24, 2.45) is 0 Å². The predicted molar refractivity (Wildman–Crippen MR) is 44.1 cm³/mol. The summed E-state index contributed by atoms with van der Waals surface area (Å²) in [4.78, 5) is 0. The van der Waals surface area contributed by atoms with Gasteiger partial charge in [-0.3, -0.25) is 0 Å². The third kappa shape index (κ3) is 1.70. The van der Waals surface area contributed by atoms with E-state index in [1.54, 1.807) is 0 Å². The summed E-state index contributed by atoms with van der Waals surface area (Å²) in [5.41, 5.74) is 0.270. The van der Waals surface area contributed by atoms with E-state index in [1.807, 2.05) is 0 Å². The Kier molecular flexibility index (Phi) is 2.02. The van der Waals surface area contributed by atoms with Gasteiger partial charge in [0.1, 0.15) is 0 Å². The maximum atomic E-state index is 3.54. The number of rotatable bonds is 0. The quantitative estimate of drug-likeness (QED) is 0.521. The van der Waals surface area contributed by atoms with Crippen LogP contribution in [0.25, 0.3) is 0 Å². The van der Waals surface area contributed by atoms with Crippen LogP contribution in [0.4, 0.5) is 0 Å². The van der Waals surface area contributed by atoms with Crippen molar-refractivity contribution in [1.82, 2.24) is 10.6 Å². The van der Waals surface area contributed by atoms with Gasteiger partial charge in [0.05, 0.1) is 0 Å². The second-order valence-electron chi connectivity index (χ2n) is 3.99. The van der Waals surface area contributed by atoms with Crippen LogP contribution in [0, 0.1) is 0 Å². The van der Waals surface area contributed by atoms with Gasteiger partial charge in [0.15, 0.2) is 0 Å². The van der Waals surface area contributed by atoms with E-state index in [9.17, 15) is 0 Å². The van der Waals surface area contributed by atoms with Crippen molar-refractivity contribution in [2.75, 3.05) is 6.54 Å². The van der Waals surface area contributed by atoms with Gasteiger partial charge in [-0.2, -0.15) is 0 Å². The van der Waals surface area contributed by atoms with Crippen LogP contribution in [0.3, 0.4) is 0 Å². The predicted octanol–water partition coefficient (Wildman–Crippen LogP) is 0.735. The molecule has 2 nitrogen and oxygen atoms in total. The summed E-state index contributed by atoms with van der Waals surface area (Å²) in [6, 6.07) is 1.19. The van der Waals surface area contributed by atoms with Crippen LogP contribution >= 0.6 is 0 Å². The molecule has 60 valence electrons. The number of hydrogen-bond donors (Lipinski definition) is 2. The zero-order valence-electron chi connectivity index (χ0n) is 7.36. The fraction of sp³-hybridized carbons (Fsp3) is 1.00. The highest BCUT2D eigenvalue weighted by atomic mass is 15.1. The van der Waals surface area contributed by atoms with E-state index < -0.39 is 0 Å². The molecule has 0 saturated carbocycles. The summed E-state index contributed by atoms with van der Waals surface area (Å²) >= 11 is 0. The zero-order valence-corrected chi connectivity index (χ0v) is 7.36. The minimum atomic E-state index is 0.270. The number of nitrogens with one attached hydrogen (secondary N) is 2. The lowest BCUT2D eigenvalue weighted by molar-refractivity contribution is 0.228. The maximum Gasteiger partial charge on any atom is 0.0252 e. The van der Waals surface area contributed by atoms with Crippen LogP contribution in [-0.4, -0.2) is 24.2 Å². The Bertz CT molecular complexity index is 120. The number of hydrogen-bond acceptors (Lipinski definition) is 2. The third-order valence-corrected chi connectivity index (χ3v) is 2.23. The smallest absolute Gasteiger partial charge is 0.0252 e. The molecule has 1 aliphatic heterocycles. The fourth-order valence-corrected chi connectivity index (χ4v) is 1.39. The molecule has 0 aromatic heterocycles. The van der Waals surface area contributed by atoms with Crippen molar-refractivity contribution in [1.29, 1.82) is 0 Å². The summed E-state index contributed by atoms with van der Waals surface area (Å²) in [6.45, 7) is 9.95. The molecule has 1 rings (SSSR count). The normalized spacial score (nSPS) is 39.6. The molecule has 0 aromatic carbocycles. The molecule has 0 spiro atoms. The Balaban J connectivity index is 2.49. The Morgan fingerprint density at radius 2 is 1.80 bits per heavy atom. The monoisotopic (exact) mass is 142 g/mol. The van der Waals surface area contributed by atoms with Crippen molar-refractivity contribution in [2.45, 2.75) is 45.3 Å². The van der Waals surface area contributed by atoms with Crippen LogP contribution in [0.1, 0.15) is 27.7 Å². The van der Waals surface area contributed by atoms with Gasteiger partial charge in [0, 0.05) is 24.2 Å². The summed E-state index contributed by atoms with van der Waals surface area (Å²) in [6.07, 6.45) is 0. The largest absolute Gasteiger partial charge is 0.311 e. The van der Waals surface area contributed by atoms with Gasteiger partial charge in [0.25, 0.3) is 0 Å². The van der Waals surface area contributed by atoms with E-state index in [0.717, 1.165) is 6.54 Å². The highest BCUT2D eigenvalue weighted by molar-refractivity contribution is 4.92. The SMILES string of the molecule is CC1NCC(C)(C)NC1C. The Morgan fingerprint density at radius 1 is 1.20 bits per heavy atom. The lowest BCUT2D eigenvalue weighted by Crippen LogP contribution is -2.63. The molecule has 0 radical (unpaired) electrons. The van der Waals surface area contributed by atoms with Gasteiger partial charge in [-0.25, -0.2) is 0 Å². The van der Waals surface area contributed by atoms with Crippen molar-refractivity contribution in [3.8, 4) is 0 Å². The maximum absolute atomic E-state index is 3.54. The molecule has 0 aliphatic carbocycles. The summed E-state index contributed by atoms with van der Waals surface area (Å²) < 4.78 is 0. The third-order valence-electron chi connectivity index (χ3n) is 2.23. The molecule has 0 amide bonds. The first kappa shape index (κ1) is 8.02. The topological polar surface area (TPSA) is 24.1 Å². The summed E-state index contributed by atoms with van der Waals surface area (Å²) in [5, 5.41) is 7.00. The van der Waals surface area contributed by atoms with Crippen molar-refractivity contribution >= 4 is 0 Å². The highest BCUT2D eigenvalue weighted by Crippen LogP contribution is 2.09. The Hall–Kier alpha value is -0.0800. The molecule has 10 heavy (non-hydrogen) atoms. The van der Waals surface area contributed by atoms with Gasteiger partial charge >= 0.3 is 0 Å². The molecule has 0 aromatic rings. The van der Waals surface area contributed by atoms with E-state index in [-0.39, 0.29) is 5.54 Å². The molecule has 1 heterocycles. The average Bonchev–Trinajstić information content (AvgIpc) is 1.79. The van der Waals surface area contributed by atoms with Crippen LogP contribution in [-0.2, 0) is 0 Å². The van der Waals surface area contributed by atoms with E-state index in [1.165, 1.54) is 0 Å². The second kappa shape index (κ2) is 2.51. The molecule has 1 saturated heterocycles. The Morgan fingerprint density at radius 3 is 2.20 bits per heavy atom. The van der Waals surface area contributed by atoms with Gasteiger partial charge in [-0.15, -0.1) is 0 Å². The zero-order chi connectivity index (χ0) is 7.78. The first-order valence-electron chi connectivity index (χ1n) is 4.02. The molecule has 2 N–H and O–H groups in total. The molecular weight excluding hydrogens is 124 g/mol. The van der Waals surface area contributed by atoms with Gasteiger partial charge < -0.3 is 10.6 Å². The fourth-order valence-electron chi connectivity index (χ4n) is 1.39. The molecular formula is C8H18N2. The molecule has 2 unspecified atom stereocenters. The molecule has 1 fully saturated rings. The lowest BCUT2D eigenvalue weighted by atomic mass is 9.97. The van der Waals surface area contributed by atoms with Crippen LogP contribution in [0.2, 0.25) is 0 Å². The molecule has 0 bridgehead atoms. The number of piperazine rings is 1. The second-order valence-corrected chi connectivity index (χ2v) is 3.99. The Labute approximate surface area is 63.4 Å². The first-order valence-corrected chi connectivity index (χ1v) is 4.02. The van der Waals surface area contributed by atoms with E-state index in [0.29, 0.717) is 12.1 Å². The summed E-state index contributed by atoms with van der Waals surface area (Å²) in [5.74, 6) is 0. The van der Waals surface area contributed by atoms with Crippen molar-refractivity contribution in [3.05, 3.63) is 0 Å².